The van der Waals surface area contributed by atoms with Gasteiger partial charge in [-0.3, -0.25) is 4.79 Å². The lowest BCUT2D eigenvalue weighted by molar-refractivity contribution is -0.134. The second kappa shape index (κ2) is 7.28. The predicted molar refractivity (Wildman–Crippen MR) is 89.8 cm³/mol. The van der Waals surface area contributed by atoms with E-state index in [1.54, 1.807) is 0 Å². The van der Waals surface area contributed by atoms with Crippen molar-refractivity contribution in [2.45, 2.75) is 52.4 Å². The van der Waals surface area contributed by atoms with E-state index in [0.29, 0.717) is 6.42 Å². The number of likely N-dealkylation sites (tertiary alicyclic amines) is 1. The molecule has 0 saturated carbocycles. The number of rotatable bonds is 5. The van der Waals surface area contributed by atoms with Gasteiger partial charge in [-0.2, -0.15) is 0 Å². The van der Waals surface area contributed by atoms with Gasteiger partial charge >= 0.3 is 0 Å². The summed E-state index contributed by atoms with van der Waals surface area (Å²) in [6.07, 6.45) is 3.41. The first-order valence-corrected chi connectivity index (χ1v) is 8.45. The number of amides is 1. The Morgan fingerprint density at radius 1 is 1.32 bits per heavy atom. The van der Waals surface area contributed by atoms with E-state index >= 15 is 0 Å². The van der Waals surface area contributed by atoms with Crippen LogP contribution in [0.4, 0.5) is 0 Å². The van der Waals surface area contributed by atoms with Crippen LogP contribution in [0.25, 0.3) is 0 Å². The number of carbonyl (C=O) groups is 1. The minimum Gasteiger partial charge on any atom is -0.396 e. The minimum atomic E-state index is 0.0401. The molecule has 3 heteroatoms. The number of piperidine rings is 1. The highest BCUT2D eigenvalue weighted by Crippen LogP contribution is 2.34. The molecule has 1 atom stereocenters. The average molecular weight is 303 g/mol. The first-order valence-electron chi connectivity index (χ1n) is 8.45. The number of nitrogens with zero attached hydrogens (tertiary/aromatic N) is 1. The van der Waals surface area contributed by atoms with Crippen LogP contribution in [-0.4, -0.2) is 35.6 Å². The highest BCUT2D eigenvalue weighted by atomic mass is 16.3. The molecule has 0 radical (unpaired) electrons. The topological polar surface area (TPSA) is 40.5 Å². The third-order valence-electron chi connectivity index (χ3n) is 5.46. The predicted octanol–water partition coefficient (Wildman–Crippen LogP) is 3.50. The highest BCUT2D eigenvalue weighted by Gasteiger charge is 2.34. The van der Waals surface area contributed by atoms with Crippen LogP contribution in [0.1, 0.15) is 56.6 Å². The molecule has 1 aromatic rings. The molecule has 1 saturated heterocycles. The van der Waals surface area contributed by atoms with E-state index in [1.165, 1.54) is 11.1 Å². The van der Waals surface area contributed by atoms with Gasteiger partial charge in [-0.25, -0.2) is 0 Å². The summed E-state index contributed by atoms with van der Waals surface area (Å²) in [6.45, 7) is 8.18. The Bertz CT molecular complexity index is 498. The highest BCUT2D eigenvalue weighted by molar-refractivity contribution is 5.77. The minimum absolute atomic E-state index is 0.0401. The Kier molecular flexibility index (Phi) is 5.63. The fourth-order valence-corrected chi connectivity index (χ4v) is 3.49. The maximum absolute atomic E-state index is 12.5. The summed E-state index contributed by atoms with van der Waals surface area (Å²) in [5.41, 5.74) is 2.57. The molecule has 2 rings (SSSR count). The normalized spacial score (nSPS) is 19.0. The summed E-state index contributed by atoms with van der Waals surface area (Å²) in [4.78, 5) is 14.5. The molecule has 1 N–H and O–H groups in total. The zero-order chi connectivity index (χ0) is 16.2. The Labute approximate surface area is 134 Å². The van der Waals surface area contributed by atoms with E-state index in [0.717, 1.165) is 32.4 Å². The lowest BCUT2D eigenvalue weighted by atomic mass is 9.77. The third-order valence-corrected chi connectivity index (χ3v) is 5.46. The van der Waals surface area contributed by atoms with Crippen molar-refractivity contribution in [3.63, 3.8) is 0 Å². The van der Waals surface area contributed by atoms with Gasteiger partial charge in [0.2, 0.25) is 5.91 Å². The Morgan fingerprint density at radius 3 is 2.50 bits per heavy atom. The fourth-order valence-electron chi connectivity index (χ4n) is 3.49. The number of hydrogen-bond donors (Lipinski definition) is 1. The van der Waals surface area contributed by atoms with Crippen LogP contribution in [0.15, 0.2) is 24.3 Å². The first-order chi connectivity index (χ1) is 10.5. The second-order valence-electron chi connectivity index (χ2n) is 6.85. The van der Waals surface area contributed by atoms with Crippen molar-refractivity contribution in [1.82, 2.24) is 4.90 Å². The third kappa shape index (κ3) is 3.70. The van der Waals surface area contributed by atoms with E-state index in [9.17, 15) is 9.90 Å². The molecule has 0 bridgehead atoms. The van der Waals surface area contributed by atoms with Crippen LogP contribution in [0.5, 0.6) is 0 Å². The van der Waals surface area contributed by atoms with Crippen LogP contribution in [0.2, 0.25) is 0 Å². The Morgan fingerprint density at radius 2 is 1.95 bits per heavy atom. The van der Waals surface area contributed by atoms with Crippen molar-refractivity contribution in [1.29, 1.82) is 0 Å². The fraction of sp³-hybridized carbons (Fsp3) is 0.632. The molecule has 1 aliphatic rings. The monoisotopic (exact) mass is 303 g/mol. The van der Waals surface area contributed by atoms with E-state index in [4.69, 9.17) is 0 Å². The standard InChI is InChI=1S/C19H29NO2/c1-4-19(14-21)9-11-20(12-10-19)18(22)13-16(3)17-8-6-5-7-15(17)2/h5-8,16,21H,4,9-14H2,1-3H3. The number of aryl methyl sites for hydroxylation is 1. The van der Waals surface area contributed by atoms with E-state index in [-0.39, 0.29) is 23.8 Å². The van der Waals surface area contributed by atoms with Gasteiger partial charge in [-0.1, -0.05) is 38.1 Å². The molecular weight excluding hydrogens is 274 g/mol. The van der Waals surface area contributed by atoms with Crippen molar-refractivity contribution < 1.29 is 9.90 Å². The smallest absolute Gasteiger partial charge is 0.223 e. The maximum atomic E-state index is 12.5. The SMILES string of the molecule is CCC1(CO)CCN(C(=O)CC(C)c2ccccc2C)CC1. The molecule has 3 nitrogen and oxygen atoms in total. The van der Waals surface area contributed by atoms with Crippen LogP contribution >= 0.6 is 0 Å². The summed E-state index contributed by atoms with van der Waals surface area (Å²) in [6, 6.07) is 8.31. The number of carbonyl (C=O) groups excluding carboxylic acids is 1. The molecule has 0 aliphatic carbocycles. The maximum Gasteiger partial charge on any atom is 0.223 e. The van der Waals surface area contributed by atoms with E-state index in [1.807, 2.05) is 17.0 Å². The number of aliphatic hydroxyl groups is 1. The van der Waals surface area contributed by atoms with Gasteiger partial charge in [0.05, 0.1) is 0 Å². The van der Waals surface area contributed by atoms with Gasteiger partial charge in [0.25, 0.3) is 0 Å². The van der Waals surface area contributed by atoms with Crippen molar-refractivity contribution in [3.05, 3.63) is 35.4 Å². The largest absolute Gasteiger partial charge is 0.396 e. The van der Waals surface area contributed by atoms with Crippen molar-refractivity contribution >= 4 is 5.91 Å². The molecule has 0 aromatic heterocycles. The van der Waals surface area contributed by atoms with Crippen LogP contribution in [0, 0.1) is 12.3 Å². The molecular formula is C19H29NO2. The van der Waals surface area contributed by atoms with Gasteiger partial charge < -0.3 is 10.0 Å². The van der Waals surface area contributed by atoms with Crippen LogP contribution in [-0.2, 0) is 4.79 Å². The van der Waals surface area contributed by atoms with Gasteiger partial charge in [-0.05, 0) is 48.6 Å². The molecule has 22 heavy (non-hydrogen) atoms. The summed E-state index contributed by atoms with van der Waals surface area (Å²) in [5.74, 6) is 0.503. The lowest BCUT2D eigenvalue weighted by Gasteiger charge is -2.40. The lowest BCUT2D eigenvalue weighted by Crippen LogP contribution is -2.44. The van der Waals surface area contributed by atoms with Crippen molar-refractivity contribution in [2.24, 2.45) is 5.41 Å². The van der Waals surface area contributed by atoms with Gasteiger partial charge in [-0.15, -0.1) is 0 Å². The van der Waals surface area contributed by atoms with E-state index < -0.39 is 0 Å². The summed E-state index contributed by atoms with van der Waals surface area (Å²) >= 11 is 0. The average Bonchev–Trinajstić information content (AvgIpc) is 2.55. The zero-order valence-electron chi connectivity index (χ0n) is 14.1. The quantitative estimate of drug-likeness (QED) is 0.904. The summed E-state index contributed by atoms with van der Waals surface area (Å²) in [7, 11) is 0. The second-order valence-corrected chi connectivity index (χ2v) is 6.85. The van der Waals surface area contributed by atoms with Gasteiger partial charge in [0.15, 0.2) is 0 Å². The molecule has 1 unspecified atom stereocenters. The van der Waals surface area contributed by atoms with Crippen molar-refractivity contribution in [3.8, 4) is 0 Å². The van der Waals surface area contributed by atoms with Gasteiger partial charge in [0, 0.05) is 26.1 Å². The molecule has 1 fully saturated rings. The molecule has 122 valence electrons. The molecule has 1 aliphatic heterocycles. The molecule has 1 aromatic carbocycles. The molecule has 1 amide bonds. The van der Waals surface area contributed by atoms with Gasteiger partial charge in [0.1, 0.15) is 0 Å². The van der Waals surface area contributed by atoms with E-state index in [2.05, 4.69) is 32.9 Å². The Hall–Kier alpha value is -1.35. The van der Waals surface area contributed by atoms with Crippen LogP contribution < -0.4 is 0 Å². The van der Waals surface area contributed by atoms with Crippen LogP contribution in [0.3, 0.4) is 0 Å². The number of aliphatic hydroxyl groups excluding tert-OH is 1. The number of hydrogen-bond acceptors (Lipinski definition) is 2. The first kappa shape index (κ1) is 17.0. The summed E-state index contributed by atoms with van der Waals surface area (Å²) in [5, 5.41) is 9.59. The Balaban J connectivity index is 1.92. The zero-order valence-corrected chi connectivity index (χ0v) is 14.1. The molecule has 1 heterocycles. The number of benzene rings is 1. The molecule has 0 spiro atoms. The summed E-state index contributed by atoms with van der Waals surface area (Å²) < 4.78 is 0. The van der Waals surface area contributed by atoms with Crippen molar-refractivity contribution in [2.75, 3.05) is 19.7 Å².